The van der Waals surface area contributed by atoms with E-state index in [1.807, 2.05) is 0 Å². The van der Waals surface area contributed by atoms with Gasteiger partial charge in [0.25, 0.3) is 0 Å². The molecule has 0 aliphatic carbocycles. The number of aromatic hydroxyl groups is 1. The first-order valence-electron chi connectivity index (χ1n) is 8.79. The number of nitrogens with zero attached hydrogens (tertiary/aromatic N) is 1. The Morgan fingerprint density at radius 3 is 2.66 bits per heavy atom. The molecule has 1 atom stereocenters. The molecule has 8 heteroatoms. The molecule has 29 heavy (non-hydrogen) atoms. The molecule has 1 heterocycles. The fraction of sp³-hybridized carbons (Fsp3) is 0.190. The Kier molecular flexibility index (Phi) is 6.53. The Balaban J connectivity index is 2.13. The number of nitrogens with one attached hydrogen (secondary N) is 1. The maximum absolute atomic E-state index is 14.5. The number of halogens is 2. The molecule has 0 bridgehead atoms. The summed E-state index contributed by atoms with van der Waals surface area (Å²) in [6.45, 7) is -0.385. The molecule has 4 N–H and O–H groups in total. The fourth-order valence-corrected chi connectivity index (χ4v) is 3.09. The molecule has 1 unspecified atom stereocenters. The summed E-state index contributed by atoms with van der Waals surface area (Å²) in [7, 11) is 1.49. The Bertz CT molecular complexity index is 996. The van der Waals surface area contributed by atoms with E-state index in [0.29, 0.717) is 28.4 Å². The second kappa shape index (κ2) is 9.09. The van der Waals surface area contributed by atoms with Crippen LogP contribution in [0.5, 0.6) is 11.5 Å². The van der Waals surface area contributed by atoms with Gasteiger partial charge in [0.1, 0.15) is 23.1 Å². The normalized spacial score (nSPS) is 11.9. The Hall–Kier alpha value is -2.87. The van der Waals surface area contributed by atoms with Crippen molar-refractivity contribution in [2.24, 2.45) is 0 Å². The number of hydrogen-bond acceptors (Lipinski definition) is 6. The van der Waals surface area contributed by atoms with Crippen LogP contribution in [0.15, 0.2) is 48.5 Å². The molecule has 152 valence electrons. The predicted molar refractivity (Wildman–Crippen MR) is 110 cm³/mol. The number of hydrogen-bond donors (Lipinski definition) is 4. The van der Waals surface area contributed by atoms with Crippen LogP contribution in [-0.4, -0.2) is 46.7 Å². The zero-order valence-corrected chi connectivity index (χ0v) is 16.3. The molecule has 0 amide bonds. The van der Waals surface area contributed by atoms with Crippen LogP contribution in [0.1, 0.15) is 0 Å². The monoisotopic (exact) mass is 418 g/mol. The lowest BCUT2D eigenvalue weighted by atomic mass is 10.0. The van der Waals surface area contributed by atoms with E-state index in [4.69, 9.17) is 21.4 Å². The summed E-state index contributed by atoms with van der Waals surface area (Å²) in [4.78, 5) is 4.44. The van der Waals surface area contributed by atoms with Gasteiger partial charge in [-0.2, -0.15) is 0 Å². The number of pyridine rings is 1. The molecular weight excluding hydrogens is 399 g/mol. The van der Waals surface area contributed by atoms with Crippen LogP contribution < -0.4 is 10.1 Å². The average Bonchev–Trinajstić information content (AvgIpc) is 2.71. The molecule has 1 aromatic heterocycles. The van der Waals surface area contributed by atoms with Crippen LogP contribution in [-0.2, 0) is 0 Å². The average molecular weight is 419 g/mol. The first kappa shape index (κ1) is 20.9. The highest BCUT2D eigenvalue weighted by molar-refractivity contribution is 6.33. The van der Waals surface area contributed by atoms with Gasteiger partial charge in [0.15, 0.2) is 0 Å². The van der Waals surface area contributed by atoms with Gasteiger partial charge < -0.3 is 25.4 Å². The van der Waals surface area contributed by atoms with E-state index in [0.717, 1.165) is 0 Å². The van der Waals surface area contributed by atoms with Gasteiger partial charge in [-0.3, -0.25) is 0 Å². The number of anilines is 1. The largest absolute Gasteiger partial charge is 0.507 e. The van der Waals surface area contributed by atoms with Crippen molar-refractivity contribution in [2.45, 2.75) is 6.10 Å². The third kappa shape index (κ3) is 4.76. The number of methoxy groups -OCH3 is 1. The summed E-state index contributed by atoms with van der Waals surface area (Å²) in [6.07, 6.45) is -0.990. The lowest BCUT2D eigenvalue weighted by Gasteiger charge is -2.15. The molecule has 0 aliphatic heterocycles. The van der Waals surface area contributed by atoms with Gasteiger partial charge in [-0.25, -0.2) is 9.37 Å². The summed E-state index contributed by atoms with van der Waals surface area (Å²) >= 11 is 6.22. The van der Waals surface area contributed by atoms with E-state index in [-0.39, 0.29) is 22.9 Å². The lowest BCUT2D eigenvalue weighted by molar-refractivity contribution is 0.105. The highest BCUT2D eigenvalue weighted by Crippen LogP contribution is 2.37. The molecule has 0 fully saturated rings. The van der Waals surface area contributed by atoms with E-state index < -0.39 is 18.5 Å². The van der Waals surface area contributed by atoms with E-state index in [9.17, 15) is 14.6 Å². The molecule has 0 radical (unpaired) electrons. The maximum Gasteiger partial charge on any atom is 0.132 e. The number of aromatic nitrogens is 1. The van der Waals surface area contributed by atoms with Gasteiger partial charge in [-0.1, -0.05) is 17.7 Å². The molecule has 3 rings (SSSR count). The van der Waals surface area contributed by atoms with Crippen molar-refractivity contribution in [3.8, 4) is 33.9 Å². The minimum atomic E-state index is -0.990. The highest BCUT2D eigenvalue weighted by Gasteiger charge is 2.16. The summed E-state index contributed by atoms with van der Waals surface area (Å²) < 4.78 is 19.6. The summed E-state index contributed by atoms with van der Waals surface area (Å²) in [6, 6.07) is 12.3. The number of aliphatic hydroxyl groups is 2. The van der Waals surface area contributed by atoms with E-state index in [1.54, 1.807) is 30.3 Å². The van der Waals surface area contributed by atoms with Crippen molar-refractivity contribution in [3.05, 3.63) is 59.4 Å². The van der Waals surface area contributed by atoms with Crippen molar-refractivity contribution in [1.29, 1.82) is 0 Å². The van der Waals surface area contributed by atoms with Gasteiger partial charge >= 0.3 is 0 Å². The summed E-state index contributed by atoms with van der Waals surface area (Å²) in [5.74, 6) is 0.230. The molecule has 0 spiro atoms. The van der Waals surface area contributed by atoms with Gasteiger partial charge in [-0.15, -0.1) is 0 Å². The molecule has 6 nitrogen and oxygen atoms in total. The topological polar surface area (TPSA) is 94.8 Å². The SMILES string of the molecule is COc1ccc(-c2cc(-c3c(F)cccc3Cl)cc(NCC(O)CO)n2)c(O)c1. The second-order valence-electron chi connectivity index (χ2n) is 6.32. The molecular formula is C21H20ClFN2O4. The van der Waals surface area contributed by atoms with Crippen LogP contribution in [0.25, 0.3) is 22.4 Å². The second-order valence-corrected chi connectivity index (χ2v) is 6.73. The first-order chi connectivity index (χ1) is 13.9. The van der Waals surface area contributed by atoms with Crippen LogP contribution in [0, 0.1) is 5.82 Å². The van der Waals surface area contributed by atoms with Crippen LogP contribution >= 0.6 is 11.6 Å². The number of ether oxygens (including phenoxy) is 1. The van der Waals surface area contributed by atoms with Gasteiger partial charge in [0.05, 0.1) is 30.5 Å². The van der Waals surface area contributed by atoms with Crippen LogP contribution in [0.4, 0.5) is 10.2 Å². The number of phenolic OH excluding ortho intramolecular Hbond substituents is 1. The van der Waals surface area contributed by atoms with Crippen molar-refractivity contribution in [2.75, 3.05) is 25.6 Å². The minimum Gasteiger partial charge on any atom is -0.507 e. The van der Waals surface area contributed by atoms with Crippen molar-refractivity contribution in [3.63, 3.8) is 0 Å². The smallest absolute Gasteiger partial charge is 0.132 e. The van der Waals surface area contributed by atoms with Crippen molar-refractivity contribution in [1.82, 2.24) is 4.98 Å². The Morgan fingerprint density at radius 1 is 1.21 bits per heavy atom. The van der Waals surface area contributed by atoms with E-state index in [1.165, 1.54) is 25.3 Å². The summed E-state index contributed by atoms with van der Waals surface area (Å²) in [5.41, 5.74) is 1.40. The minimum absolute atomic E-state index is 0.0337. The number of rotatable bonds is 7. The number of aliphatic hydroxyl groups excluding tert-OH is 2. The van der Waals surface area contributed by atoms with Crippen molar-refractivity contribution < 1.29 is 24.4 Å². The third-order valence-corrected chi connectivity index (χ3v) is 4.60. The molecule has 0 aliphatic rings. The standard InChI is InChI=1S/C21H20ClFN2O4/c1-29-14-5-6-15(19(28)9-14)18-7-12(21-16(22)3-2-4-17(21)23)8-20(25-18)24-10-13(27)11-26/h2-9,13,26-28H,10-11H2,1H3,(H,24,25). The van der Waals surface area contributed by atoms with Crippen LogP contribution in [0.2, 0.25) is 5.02 Å². The maximum atomic E-state index is 14.5. The highest BCUT2D eigenvalue weighted by atomic mass is 35.5. The first-order valence-corrected chi connectivity index (χ1v) is 9.17. The Labute approximate surface area is 172 Å². The molecule has 0 saturated heterocycles. The fourth-order valence-electron chi connectivity index (χ4n) is 2.82. The zero-order chi connectivity index (χ0) is 21.0. The number of benzene rings is 2. The van der Waals surface area contributed by atoms with Crippen molar-refractivity contribution >= 4 is 17.4 Å². The predicted octanol–water partition coefficient (Wildman–Crippen LogP) is 3.69. The van der Waals surface area contributed by atoms with Gasteiger partial charge in [0.2, 0.25) is 0 Å². The molecule has 0 saturated carbocycles. The third-order valence-electron chi connectivity index (χ3n) is 4.29. The zero-order valence-electron chi connectivity index (χ0n) is 15.6. The van der Waals surface area contributed by atoms with E-state index >= 15 is 0 Å². The van der Waals surface area contributed by atoms with Crippen LogP contribution in [0.3, 0.4) is 0 Å². The van der Waals surface area contributed by atoms with Gasteiger partial charge in [-0.05, 0) is 42.0 Å². The summed E-state index contributed by atoms with van der Waals surface area (Å²) in [5, 5.41) is 32.1. The molecule has 3 aromatic rings. The quantitative estimate of drug-likeness (QED) is 0.467. The Morgan fingerprint density at radius 2 is 2.00 bits per heavy atom. The molecule has 2 aromatic carbocycles. The van der Waals surface area contributed by atoms with E-state index in [2.05, 4.69) is 10.3 Å². The number of phenols is 1. The lowest BCUT2D eigenvalue weighted by Crippen LogP contribution is -2.23. The van der Waals surface area contributed by atoms with Gasteiger partial charge in [0, 0.05) is 23.7 Å².